The number of benzene rings is 1. The van der Waals surface area contributed by atoms with Gasteiger partial charge in [0.25, 0.3) is 0 Å². The van der Waals surface area contributed by atoms with Gasteiger partial charge in [0.2, 0.25) is 0 Å². The van der Waals surface area contributed by atoms with E-state index in [4.69, 9.17) is 4.74 Å². The fourth-order valence-corrected chi connectivity index (χ4v) is 3.00. The lowest BCUT2D eigenvalue weighted by Crippen LogP contribution is -1.99. The molecule has 19 heavy (non-hydrogen) atoms. The highest BCUT2D eigenvalue weighted by atomic mass is 79.9. The number of nitrogens with one attached hydrogen (secondary N) is 1. The molecule has 0 aliphatic heterocycles. The molecule has 1 aromatic heterocycles. The molecule has 0 spiro atoms. The number of anilines is 1. The Labute approximate surface area is 122 Å². The summed E-state index contributed by atoms with van der Waals surface area (Å²) in [6, 6.07) is 8.79. The monoisotopic (exact) mass is 342 g/mol. The van der Waals surface area contributed by atoms with Gasteiger partial charge >= 0.3 is 5.69 Å². The van der Waals surface area contributed by atoms with E-state index < -0.39 is 4.92 Å². The molecule has 0 atom stereocenters. The van der Waals surface area contributed by atoms with Crippen LogP contribution in [0, 0.1) is 10.1 Å². The summed E-state index contributed by atoms with van der Waals surface area (Å²) >= 11 is 5.01. The Morgan fingerprint density at radius 1 is 1.42 bits per heavy atom. The molecule has 0 saturated carbocycles. The van der Waals surface area contributed by atoms with Crippen molar-refractivity contribution in [2.75, 3.05) is 12.4 Å². The largest absolute Gasteiger partial charge is 0.490 e. The summed E-state index contributed by atoms with van der Waals surface area (Å²) in [7, 11) is 1.42. The fourth-order valence-electron chi connectivity index (χ4n) is 1.58. The van der Waals surface area contributed by atoms with Crippen LogP contribution >= 0.6 is 27.3 Å². The molecule has 2 rings (SSSR count). The molecule has 1 heterocycles. The van der Waals surface area contributed by atoms with Crippen LogP contribution in [0.25, 0.3) is 0 Å². The zero-order valence-corrected chi connectivity index (χ0v) is 12.5. The molecule has 0 radical (unpaired) electrons. The molecule has 0 saturated heterocycles. The van der Waals surface area contributed by atoms with Crippen LogP contribution in [0.2, 0.25) is 0 Å². The molecule has 0 amide bonds. The number of ether oxygens (including phenoxy) is 1. The van der Waals surface area contributed by atoms with Gasteiger partial charge in [-0.2, -0.15) is 0 Å². The van der Waals surface area contributed by atoms with E-state index in [1.165, 1.54) is 13.2 Å². The number of methoxy groups -OCH3 is 1. The third-order valence-electron chi connectivity index (χ3n) is 2.47. The second-order valence-corrected chi connectivity index (χ2v) is 6.25. The van der Waals surface area contributed by atoms with E-state index in [-0.39, 0.29) is 11.4 Å². The van der Waals surface area contributed by atoms with Gasteiger partial charge in [0.1, 0.15) is 0 Å². The number of thiophene rings is 1. The van der Waals surface area contributed by atoms with Crippen molar-refractivity contribution in [1.82, 2.24) is 0 Å². The second-order valence-electron chi connectivity index (χ2n) is 3.70. The highest BCUT2D eigenvalue weighted by Gasteiger charge is 2.14. The van der Waals surface area contributed by atoms with Gasteiger partial charge < -0.3 is 10.1 Å². The van der Waals surface area contributed by atoms with Crippen molar-refractivity contribution in [3.63, 3.8) is 0 Å². The Bertz CT molecular complexity index is 600. The average molecular weight is 343 g/mol. The van der Waals surface area contributed by atoms with E-state index >= 15 is 0 Å². The molecular formula is C12H11BrN2O3S. The smallest absolute Gasteiger partial charge is 0.312 e. The summed E-state index contributed by atoms with van der Waals surface area (Å²) in [6.07, 6.45) is 0. The van der Waals surface area contributed by atoms with E-state index in [9.17, 15) is 10.1 Å². The molecule has 1 aromatic carbocycles. The summed E-state index contributed by atoms with van der Waals surface area (Å²) < 4.78 is 6.01. The Morgan fingerprint density at radius 2 is 2.21 bits per heavy atom. The first-order valence-corrected chi connectivity index (χ1v) is 7.01. The first-order valence-electron chi connectivity index (χ1n) is 5.40. The summed E-state index contributed by atoms with van der Waals surface area (Å²) in [5.41, 5.74) is 0.650. The molecule has 0 unspecified atom stereocenters. The summed E-state index contributed by atoms with van der Waals surface area (Å²) in [5, 5.41) is 14.1. The number of hydrogen-bond donors (Lipinski definition) is 1. The molecule has 0 fully saturated rings. The number of halogens is 1. The Balaban J connectivity index is 2.12. The average Bonchev–Trinajstić information content (AvgIpc) is 2.81. The Hall–Kier alpha value is -1.60. The minimum Gasteiger partial charge on any atom is -0.490 e. The Morgan fingerprint density at radius 3 is 2.79 bits per heavy atom. The van der Waals surface area contributed by atoms with Crippen LogP contribution in [0.3, 0.4) is 0 Å². The van der Waals surface area contributed by atoms with Crippen LogP contribution in [0.15, 0.2) is 34.1 Å². The molecule has 0 aliphatic rings. The highest BCUT2D eigenvalue weighted by molar-refractivity contribution is 9.11. The molecule has 2 aromatic rings. The SMILES string of the molecule is COc1ccc(NCc2ccc(Br)s2)cc1[N+](=O)[O-]. The summed E-state index contributed by atoms with van der Waals surface area (Å²) in [5.74, 6) is 0.259. The number of hydrogen-bond acceptors (Lipinski definition) is 5. The first-order chi connectivity index (χ1) is 9.10. The normalized spacial score (nSPS) is 10.2. The van der Waals surface area contributed by atoms with E-state index in [0.29, 0.717) is 12.2 Å². The zero-order valence-electron chi connectivity index (χ0n) is 10.1. The molecule has 1 N–H and O–H groups in total. The third kappa shape index (κ3) is 3.45. The van der Waals surface area contributed by atoms with E-state index in [1.54, 1.807) is 23.5 Å². The number of nitro benzene ring substituents is 1. The maximum absolute atomic E-state index is 10.9. The molecular weight excluding hydrogens is 332 g/mol. The maximum Gasteiger partial charge on any atom is 0.312 e. The lowest BCUT2D eigenvalue weighted by atomic mass is 10.2. The predicted molar refractivity (Wildman–Crippen MR) is 79.0 cm³/mol. The predicted octanol–water partition coefficient (Wildman–Crippen LogP) is 4.04. The minimum absolute atomic E-state index is 0.0418. The van der Waals surface area contributed by atoms with Gasteiger partial charge in [-0.25, -0.2) is 0 Å². The Kier molecular flexibility index (Phi) is 4.39. The van der Waals surface area contributed by atoms with Crippen molar-refractivity contribution in [2.24, 2.45) is 0 Å². The molecule has 0 bridgehead atoms. The standard InChI is InChI=1S/C12H11BrN2O3S/c1-18-11-4-2-8(6-10(11)15(16)17)14-7-9-3-5-12(13)19-9/h2-6,14H,7H2,1H3. The van der Waals surface area contributed by atoms with E-state index in [1.807, 2.05) is 12.1 Å². The second kappa shape index (κ2) is 6.03. The maximum atomic E-state index is 10.9. The topological polar surface area (TPSA) is 64.4 Å². The van der Waals surface area contributed by atoms with E-state index in [0.717, 1.165) is 8.66 Å². The van der Waals surface area contributed by atoms with Gasteiger partial charge in [-0.05, 0) is 40.2 Å². The molecule has 100 valence electrons. The summed E-state index contributed by atoms with van der Waals surface area (Å²) in [4.78, 5) is 11.6. The zero-order chi connectivity index (χ0) is 13.8. The lowest BCUT2D eigenvalue weighted by molar-refractivity contribution is -0.385. The van der Waals surface area contributed by atoms with Crippen LogP contribution in [-0.2, 0) is 6.54 Å². The van der Waals surface area contributed by atoms with Gasteiger partial charge in [0.15, 0.2) is 5.75 Å². The minimum atomic E-state index is -0.453. The lowest BCUT2D eigenvalue weighted by Gasteiger charge is -2.07. The molecule has 5 nitrogen and oxygen atoms in total. The van der Waals surface area contributed by atoms with Gasteiger partial charge in [0.05, 0.1) is 15.8 Å². The van der Waals surface area contributed by atoms with Crippen molar-refractivity contribution >= 4 is 38.6 Å². The van der Waals surface area contributed by atoms with Gasteiger partial charge in [-0.1, -0.05) is 0 Å². The van der Waals surface area contributed by atoms with Crippen LogP contribution < -0.4 is 10.1 Å². The quantitative estimate of drug-likeness (QED) is 0.657. The number of rotatable bonds is 5. The van der Waals surface area contributed by atoms with Gasteiger partial charge in [-0.15, -0.1) is 11.3 Å². The van der Waals surface area contributed by atoms with Gasteiger partial charge in [-0.3, -0.25) is 10.1 Å². The van der Waals surface area contributed by atoms with Crippen molar-refractivity contribution in [1.29, 1.82) is 0 Å². The van der Waals surface area contributed by atoms with Crippen molar-refractivity contribution < 1.29 is 9.66 Å². The first kappa shape index (κ1) is 13.8. The van der Waals surface area contributed by atoms with Gasteiger partial charge in [0, 0.05) is 23.2 Å². The molecule has 7 heteroatoms. The fraction of sp³-hybridized carbons (Fsp3) is 0.167. The van der Waals surface area contributed by atoms with Crippen LogP contribution in [0.4, 0.5) is 11.4 Å². The van der Waals surface area contributed by atoms with Crippen molar-refractivity contribution in [3.05, 3.63) is 49.1 Å². The van der Waals surface area contributed by atoms with Crippen LogP contribution in [0.5, 0.6) is 5.75 Å². The van der Waals surface area contributed by atoms with Crippen LogP contribution in [0.1, 0.15) is 4.88 Å². The van der Waals surface area contributed by atoms with Crippen molar-refractivity contribution in [2.45, 2.75) is 6.54 Å². The third-order valence-corrected chi connectivity index (χ3v) is 4.09. The van der Waals surface area contributed by atoms with Crippen molar-refractivity contribution in [3.8, 4) is 5.75 Å². The number of nitro groups is 1. The molecule has 0 aliphatic carbocycles. The van der Waals surface area contributed by atoms with Crippen LogP contribution in [-0.4, -0.2) is 12.0 Å². The number of nitrogens with zero attached hydrogens (tertiary/aromatic N) is 1. The summed E-state index contributed by atoms with van der Waals surface area (Å²) in [6.45, 7) is 0.625. The van der Waals surface area contributed by atoms with E-state index in [2.05, 4.69) is 21.2 Å². The highest BCUT2D eigenvalue weighted by Crippen LogP contribution is 2.30.